The fourth-order valence-electron chi connectivity index (χ4n) is 1.84. The second kappa shape index (κ2) is 7.87. The predicted molar refractivity (Wildman–Crippen MR) is 83.9 cm³/mol. The summed E-state index contributed by atoms with van der Waals surface area (Å²) in [5.41, 5.74) is 7.63. The van der Waals surface area contributed by atoms with Gasteiger partial charge in [0.2, 0.25) is 0 Å². The highest BCUT2D eigenvalue weighted by molar-refractivity contribution is 5.89. The van der Waals surface area contributed by atoms with Crippen LogP contribution in [0.4, 0.5) is 10.5 Å². The lowest BCUT2D eigenvalue weighted by molar-refractivity contribution is 0.220. The summed E-state index contributed by atoms with van der Waals surface area (Å²) < 4.78 is 0. The van der Waals surface area contributed by atoms with Crippen molar-refractivity contribution in [2.75, 3.05) is 39.5 Å². The van der Waals surface area contributed by atoms with Gasteiger partial charge in [0.1, 0.15) is 0 Å². The molecule has 0 aliphatic heterocycles. The van der Waals surface area contributed by atoms with Gasteiger partial charge in [-0.15, -0.1) is 0 Å². The van der Waals surface area contributed by atoms with Gasteiger partial charge in [0, 0.05) is 25.3 Å². The van der Waals surface area contributed by atoms with E-state index in [-0.39, 0.29) is 12.1 Å². The van der Waals surface area contributed by atoms with Gasteiger partial charge >= 0.3 is 6.03 Å². The van der Waals surface area contributed by atoms with Gasteiger partial charge in [0.05, 0.1) is 0 Å². The molecule has 0 aliphatic carbocycles. The van der Waals surface area contributed by atoms with Gasteiger partial charge in [-0.1, -0.05) is 12.1 Å². The molecule has 20 heavy (non-hydrogen) atoms. The molecule has 1 aromatic rings. The van der Waals surface area contributed by atoms with Crippen molar-refractivity contribution in [1.29, 1.82) is 0 Å². The number of carbonyl (C=O) groups excluding carboxylic acids is 1. The minimum atomic E-state index is -0.0921. The zero-order valence-corrected chi connectivity index (χ0v) is 12.9. The molecule has 3 N–H and O–H groups in total. The molecule has 0 radical (unpaired) electrons. The molecule has 1 rings (SSSR count). The number of carbonyl (C=O) groups is 1. The Kier molecular flexibility index (Phi) is 6.48. The van der Waals surface area contributed by atoms with E-state index in [0.717, 1.165) is 30.8 Å². The van der Waals surface area contributed by atoms with Crippen LogP contribution in [0, 0.1) is 0 Å². The van der Waals surface area contributed by atoms with Crippen molar-refractivity contribution in [1.82, 2.24) is 9.80 Å². The van der Waals surface area contributed by atoms with Crippen molar-refractivity contribution >= 4 is 11.7 Å². The third-order valence-electron chi connectivity index (χ3n) is 3.11. The number of amides is 2. The molecular formula is C15H26N4O. The van der Waals surface area contributed by atoms with Crippen molar-refractivity contribution < 1.29 is 4.79 Å². The van der Waals surface area contributed by atoms with Crippen LogP contribution in [0.15, 0.2) is 24.3 Å². The zero-order valence-electron chi connectivity index (χ0n) is 12.9. The fraction of sp³-hybridized carbons (Fsp3) is 0.533. The third kappa shape index (κ3) is 5.59. The number of rotatable bonds is 6. The van der Waals surface area contributed by atoms with Gasteiger partial charge in [-0.25, -0.2) is 4.79 Å². The van der Waals surface area contributed by atoms with E-state index in [1.54, 1.807) is 11.9 Å². The standard InChI is InChI=1S/C15H26N4O/c1-12(16)13-7-5-8-14(11-13)17-15(20)19(4)10-6-9-18(2)3/h5,7-8,11-12H,6,9-10,16H2,1-4H3,(H,17,20). The Morgan fingerprint density at radius 1 is 1.30 bits per heavy atom. The number of anilines is 1. The van der Waals surface area contributed by atoms with Gasteiger partial charge in [-0.3, -0.25) is 0 Å². The summed E-state index contributed by atoms with van der Waals surface area (Å²) in [5.74, 6) is 0. The van der Waals surface area contributed by atoms with Crippen molar-refractivity contribution in [3.05, 3.63) is 29.8 Å². The van der Waals surface area contributed by atoms with E-state index in [0.29, 0.717) is 0 Å². The molecule has 0 aromatic heterocycles. The Bertz CT molecular complexity index is 432. The lowest BCUT2D eigenvalue weighted by atomic mass is 10.1. The third-order valence-corrected chi connectivity index (χ3v) is 3.11. The second-order valence-corrected chi connectivity index (χ2v) is 5.42. The molecule has 0 aliphatic rings. The van der Waals surface area contributed by atoms with Crippen molar-refractivity contribution in [2.24, 2.45) is 5.73 Å². The average Bonchev–Trinajstić information content (AvgIpc) is 2.38. The number of hydrogen-bond acceptors (Lipinski definition) is 3. The molecule has 112 valence electrons. The van der Waals surface area contributed by atoms with E-state index in [1.165, 1.54) is 0 Å². The van der Waals surface area contributed by atoms with Gasteiger partial charge in [0.25, 0.3) is 0 Å². The SMILES string of the molecule is CC(N)c1cccc(NC(=O)N(C)CCCN(C)C)c1. The van der Waals surface area contributed by atoms with Crippen molar-refractivity contribution in [2.45, 2.75) is 19.4 Å². The molecule has 5 heteroatoms. The van der Waals surface area contributed by atoms with E-state index >= 15 is 0 Å². The van der Waals surface area contributed by atoms with E-state index < -0.39 is 0 Å². The van der Waals surface area contributed by atoms with Crippen LogP contribution < -0.4 is 11.1 Å². The lowest BCUT2D eigenvalue weighted by Crippen LogP contribution is -2.33. The molecule has 1 unspecified atom stereocenters. The summed E-state index contributed by atoms with van der Waals surface area (Å²) in [6, 6.07) is 7.52. The van der Waals surface area contributed by atoms with Crippen molar-refractivity contribution in [3.63, 3.8) is 0 Å². The maximum Gasteiger partial charge on any atom is 0.321 e. The Labute approximate surface area is 121 Å². The summed E-state index contributed by atoms with van der Waals surface area (Å²) in [4.78, 5) is 15.8. The summed E-state index contributed by atoms with van der Waals surface area (Å²) in [5, 5.41) is 2.89. The van der Waals surface area contributed by atoms with E-state index in [9.17, 15) is 4.79 Å². The topological polar surface area (TPSA) is 61.6 Å². The summed E-state index contributed by atoms with van der Waals surface area (Å²) >= 11 is 0. The van der Waals surface area contributed by atoms with Crippen molar-refractivity contribution in [3.8, 4) is 0 Å². The lowest BCUT2D eigenvalue weighted by Gasteiger charge is -2.19. The maximum atomic E-state index is 12.0. The normalized spacial score (nSPS) is 12.3. The van der Waals surface area contributed by atoms with Gasteiger partial charge in [0.15, 0.2) is 0 Å². The number of nitrogens with one attached hydrogen (secondary N) is 1. The molecule has 5 nitrogen and oxygen atoms in total. The molecule has 1 aromatic carbocycles. The number of urea groups is 1. The second-order valence-electron chi connectivity index (χ2n) is 5.42. The Balaban J connectivity index is 2.50. The minimum Gasteiger partial charge on any atom is -0.328 e. The molecular weight excluding hydrogens is 252 g/mol. The molecule has 1 atom stereocenters. The highest BCUT2D eigenvalue weighted by Gasteiger charge is 2.09. The quantitative estimate of drug-likeness (QED) is 0.838. The van der Waals surface area contributed by atoms with E-state index in [1.807, 2.05) is 45.3 Å². The molecule has 0 saturated heterocycles. The maximum absolute atomic E-state index is 12.0. The molecule has 0 saturated carbocycles. The molecule has 0 spiro atoms. The first kappa shape index (κ1) is 16.5. The molecule has 0 bridgehead atoms. The molecule has 0 heterocycles. The van der Waals surface area contributed by atoms with Gasteiger partial charge in [-0.05, 0) is 51.7 Å². The van der Waals surface area contributed by atoms with Crippen LogP contribution in [0.3, 0.4) is 0 Å². The first-order valence-corrected chi connectivity index (χ1v) is 6.92. The zero-order chi connectivity index (χ0) is 15.1. The Morgan fingerprint density at radius 2 is 2.00 bits per heavy atom. The predicted octanol–water partition coefficient (Wildman–Crippen LogP) is 2.12. The first-order valence-electron chi connectivity index (χ1n) is 6.92. The Morgan fingerprint density at radius 3 is 2.60 bits per heavy atom. The monoisotopic (exact) mass is 278 g/mol. The van der Waals surface area contributed by atoms with Crippen LogP contribution in [0.2, 0.25) is 0 Å². The fourth-order valence-corrected chi connectivity index (χ4v) is 1.84. The number of nitrogens with zero attached hydrogens (tertiary/aromatic N) is 2. The first-order chi connectivity index (χ1) is 9.40. The van der Waals surface area contributed by atoms with E-state index in [2.05, 4.69) is 10.2 Å². The molecule has 2 amide bonds. The van der Waals surface area contributed by atoms with Gasteiger partial charge in [-0.2, -0.15) is 0 Å². The van der Waals surface area contributed by atoms with Crippen LogP contribution in [0.5, 0.6) is 0 Å². The highest BCUT2D eigenvalue weighted by atomic mass is 16.2. The van der Waals surface area contributed by atoms with Crippen LogP contribution >= 0.6 is 0 Å². The summed E-state index contributed by atoms with van der Waals surface area (Å²) in [6.45, 7) is 3.63. The van der Waals surface area contributed by atoms with E-state index in [4.69, 9.17) is 5.73 Å². The number of benzene rings is 1. The molecule has 0 fully saturated rings. The van der Waals surface area contributed by atoms with Crippen LogP contribution in [0.25, 0.3) is 0 Å². The van der Waals surface area contributed by atoms with Crippen LogP contribution in [-0.2, 0) is 0 Å². The number of nitrogens with two attached hydrogens (primary N) is 1. The van der Waals surface area contributed by atoms with Gasteiger partial charge < -0.3 is 20.9 Å². The Hall–Kier alpha value is -1.59. The van der Waals surface area contributed by atoms with Crippen LogP contribution in [-0.4, -0.2) is 50.1 Å². The average molecular weight is 278 g/mol. The van der Waals surface area contributed by atoms with Crippen LogP contribution in [0.1, 0.15) is 24.9 Å². The highest BCUT2D eigenvalue weighted by Crippen LogP contribution is 2.15. The summed E-state index contributed by atoms with van der Waals surface area (Å²) in [6.07, 6.45) is 0.955. The summed E-state index contributed by atoms with van der Waals surface area (Å²) in [7, 11) is 5.86. The number of hydrogen-bond donors (Lipinski definition) is 2. The smallest absolute Gasteiger partial charge is 0.321 e. The minimum absolute atomic E-state index is 0.0373. The largest absolute Gasteiger partial charge is 0.328 e.